The van der Waals surface area contributed by atoms with Gasteiger partial charge in [-0.05, 0) is 47.4 Å². The number of fused-ring (bicyclic) bond motifs is 3. The Kier molecular flexibility index (Phi) is 4.47. The van der Waals surface area contributed by atoms with Gasteiger partial charge in [-0.15, -0.1) is 0 Å². The maximum atomic E-state index is 11.6. The number of hydrogen-bond acceptors (Lipinski definition) is 5. The maximum Gasteiger partial charge on any atom is 0.439 e. The first-order chi connectivity index (χ1) is 16.2. The van der Waals surface area contributed by atoms with Crippen LogP contribution in [-0.2, 0) is 13.2 Å². The fourth-order valence-electron chi connectivity index (χ4n) is 4.45. The van der Waals surface area contributed by atoms with Gasteiger partial charge in [0.25, 0.3) is 0 Å². The predicted octanol–water partition coefficient (Wildman–Crippen LogP) is 4.63. The summed E-state index contributed by atoms with van der Waals surface area (Å²) in [5.41, 5.74) is 7.04. The van der Waals surface area contributed by atoms with Gasteiger partial charge in [0.05, 0.1) is 18.3 Å². The molecule has 0 spiro atoms. The molecule has 0 aliphatic carbocycles. The van der Waals surface area contributed by atoms with Gasteiger partial charge >= 0.3 is 5.76 Å². The molecule has 2 aromatic heterocycles. The molecule has 3 aromatic carbocycles. The van der Waals surface area contributed by atoms with Crippen LogP contribution in [0.3, 0.4) is 0 Å². The highest BCUT2D eigenvalue weighted by Gasteiger charge is 2.23. The number of rotatable bonds is 3. The Labute approximate surface area is 188 Å². The molecule has 162 valence electrons. The molecule has 0 unspecified atom stereocenters. The normalized spacial score (nSPS) is 14.3. The number of para-hydroxylation sites is 2. The number of H-pyrrole nitrogens is 1. The molecule has 0 saturated heterocycles. The van der Waals surface area contributed by atoms with E-state index in [9.17, 15) is 4.79 Å². The lowest BCUT2D eigenvalue weighted by Crippen LogP contribution is -2.04. The summed E-state index contributed by atoms with van der Waals surface area (Å²) in [5.74, 6) is 0.614. The summed E-state index contributed by atoms with van der Waals surface area (Å²) < 4.78 is 13.0. The van der Waals surface area contributed by atoms with Crippen molar-refractivity contribution in [2.75, 3.05) is 0 Å². The van der Waals surface area contributed by atoms with Crippen molar-refractivity contribution in [3.8, 4) is 5.75 Å². The van der Waals surface area contributed by atoms with Crippen LogP contribution >= 0.6 is 0 Å². The van der Waals surface area contributed by atoms with E-state index in [-0.39, 0.29) is 0 Å². The molecule has 0 amide bonds. The Hall–Kier alpha value is -4.39. The second kappa shape index (κ2) is 7.63. The van der Waals surface area contributed by atoms with Gasteiger partial charge in [-0.1, -0.05) is 53.7 Å². The fraction of sp³-hybridized carbons (Fsp3) is 0.115. The zero-order valence-electron chi connectivity index (χ0n) is 17.9. The lowest BCUT2D eigenvalue weighted by molar-refractivity contribution is 0.307. The molecule has 0 radical (unpaired) electrons. The zero-order valence-corrected chi connectivity index (χ0v) is 17.9. The summed E-state index contributed by atoms with van der Waals surface area (Å²) in [6.45, 7) is 3.02. The number of ether oxygens (including phenoxy) is 1. The van der Waals surface area contributed by atoms with Crippen molar-refractivity contribution >= 4 is 22.0 Å². The Bertz CT molecular complexity index is 1590. The number of aromatic amines is 1. The molecule has 5 aromatic rings. The first-order valence-electron chi connectivity index (χ1n) is 10.7. The van der Waals surface area contributed by atoms with Crippen LogP contribution in [0.15, 0.2) is 82.2 Å². The Balaban J connectivity index is 1.48. The largest absolute Gasteiger partial charge is 0.488 e. The molecule has 33 heavy (non-hydrogen) atoms. The highest BCUT2D eigenvalue weighted by Crippen LogP contribution is 2.40. The standard InChI is InChI=1S/C26H20N4O3/c1-16(25-28-26(31)33-29-25)24-20-11-10-17(14-30-22-8-4-2-6-18(22)13-27-30)12-19(20)15-32-23-9-5-3-7-21(23)24/h2-13H,14-15H2,1H3,(H,28,29,31). The van der Waals surface area contributed by atoms with Crippen molar-refractivity contribution in [2.24, 2.45) is 0 Å². The summed E-state index contributed by atoms with van der Waals surface area (Å²) in [4.78, 5) is 14.3. The molecule has 7 heteroatoms. The van der Waals surface area contributed by atoms with E-state index in [0.717, 1.165) is 50.1 Å². The van der Waals surface area contributed by atoms with Crippen LogP contribution in [0.2, 0.25) is 0 Å². The number of benzene rings is 3. The van der Waals surface area contributed by atoms with Gasteiger partial charge in [0.2, 0.25) is 0 Å². The molecule has 3 heterocycles. The monoisotopic (exact) mass is 436 g/mol. The average molecular weight is 436 g/mol. The van der Waals surface area contributed by atoms with E-state index >= 15 is 0 Å². The number of allylic oxidation sites excluding steroid dienone is 1. The molecular formula is C26H20N4O3. The average Bonchev–Trinajstić information content (AvgIpc) is 3.41. The minimum absolute atomic E-state index is 0.407. The quantitative estimate of drug-likeness (QED) is 0.446. The summed E-state index contributed by atoms with van der Waals surface area (Å²) in [5, 5.41) is 9.59. The van der Waals surface area contributed by atoms with Gasteiger partial charge < -0.3 is 4.74 Å². The smallest absolute Gasteiger partial charge is 0.439 e. The summed E-state index contributed by atoms with van der Waals surface area (Å²) in [6.07, 6.45) is 1.89. The topological polar surface area (TPSA) is 85.9 Å². The zero-order chi connectivity index (χ0) is 22.4. The van der Waals surface area contributed by atoms with Crippen LogP contribution in [0.5, 0.6) is 5.75 Å². The lowest BCUT2D eigenvalue weighted by Gasteiger charge is -2.14. The minimum Gasteiger partial charge on any atom is -0.488 e. The molecule has 1 aliphatic heterocycles. The molecular weight excluding hydrogens is 416 g/mol. The Morgan fingerprint density at radius 3 is 2.79 bits per heavy atom. The van der Waals surface area contributed by atoms with Crippen LogP contribution in [0.4, 0.5) is 0 Å². The number of hydrogen-bond donors (Lipinski definition) is 1. The fourth-order valence-corrected chi connectivity index (χ4v) is 4.45. The van der Waals surface area contributed by atoms with E-state index in [1.54, 1.807) is 0 Å². The van der Waals surface area contributed by atoms with E-state index in [4.69, 9.17) is 9.26 Å². The number of nitrogens with one attached hydrogen (secondary N) is 1. The number of nitrogens with zero attached hydrogens (tertiary/aromatic N) is 3. The van der Waals surface area contributed by atoms with Gasteiger partial charge in [0, 0.05) is 16.5 Å². The third-order valence-corrected chi connectivity index (χ3v) is 6.03. The van der Waals surface area contributed by atoms with Crippen LogP contribution in [0.1, 0.15) is 35.0 Å². The molecule has 0 bridgehead atoms. The lowest BCUT2D eigenvalue weighted by atomic mass is 9.89. The minimum atomic E-state index is -0.579. The molecule has 7 nitrogen and oxygen atoms in total. The second-order valence-electron chi connectivity index (χ2n) is 8.08. The third-order valence-electron chi connectivity index (χ3n) is 6.03. The first-order valence-corrected chi connectivity index (χ1v) is 10.7. The maximum absolute atomic E-state index is 11.6. The van der Waals surface area contributed by atoms with Gasteiger partial charge in [0.1, 0.15) is 12.4 Å². The van der Waals surface area contributed by atoms with E-state index in [2.05, 4.69) is 45.6 Å². The first kappa shape index (κ1) is 19.3. The number of aromatic nitrogens is 4. The van der Waals surface area contributed by atoms with Crippen molar-refractivity contribution in [2.45, 2.75) is 20.1 Å². The predicted molar refractivity (Wildman–Crippen MR) is 125 cm³/mol. The molecule has 1 N–H and O–H groups in total. The molecule has 0 atom stereocenters. The van der Waals surface area contributed by atoms with Gasteiger partial charge in [0.15, 0.2) is 5.82 Å². The van der Waals surface area contributed by atoms with E-state index in [1.165, 1.54) is 0 Å². The van der Waals surface area contributed by atoms with Crippen molar-refractivity contribution in [3.63, 3.8) is 0 Å². The van der Waals surface area contributed by atoms with Crippen molar-refractivity contribution in [3.05, 3.63) is 112 Å². The van der Waals surface area contributed by atoms with Crippen molar-refractivity contribution in [1.82, 2.24) is 19.9 Å². The SMILES string of the molecule is CC(=C1c2ccc(Cn3ncc4ccccc43)cc2COc2ccccc21)c1noc(=O)[nH]1. The van der Waals surface area contributed by atoms with E-state index in [1.807, 2.05) is 54.2 Å². The van der Waals surface area contributed by atoms with E-state index < -0.39 is 5.76 Å². The Morgan fingerprint density at radius 1 is 1.06 bits per heavy atom. The van der Waals surface area contributed by atoms with Crippen LogP contribution in [0.25, 0.3) is 22.0 Å². The van der Waals surface area contributed by atoms with Crippen LogP contribution in [-0.4, -0.2) is 19.9 Å². The molecule has 1 aliphatic rings. The second-order valence-corrected chi connectivity index (χ2v) is 8.08. The Morgan fingerprint density at radius 2 is 1.91 bits per heavy atom. The summed E-state index contributed by atoms with van der Waals surface area (Å²) >= 11 is 0. The van der Waals surface area contributed by atoms with Gasteiger partial charge in [-0.3, -0.25) is 14.2 Å². The summed E-state index contributed by atoms with van der Waals surface area (Å²) in [6, 6.07) is 22.5. The van der Waals surface area contributed by atoms with Crippen LogP contribution in [0, 0.1) is 0 Å². The van der Waals surface area contributed by atoms with Gasteiger partial charge in [-0.2, -0.15) is 5.10 Å². The van der Waals surface area contributed by atoms with Crippen LogP contribution < -0.4 is 10.5 Å². The highest BCUT2D eigenvalue weighted by molar-refractivity contribution is 5.99. The third kappa shape index (κ3) is 3.34. The highest BCUT2D eigenvalue weighted by atomic mass is 16.5. The van der Waals surface area contributed by atoms with Crippen molar-refractivity contribution < 1.29 is 9.26 Å². The summed E-state index contributed by atoms with van der Waals surface area (Å²) in [7, 11) is 0. The molecule has 6 rings (SSSR count). The van der Waals surface area contributed by atoms with E-state index in [0.29, 0.717) is 19.0 Å². The van der Waals surface area contributed by atoms with Gasteiger partial charge in [-0.25, -0.2) is 4.79 Å². The van der Waals surface area contributed by atoms with Crippen molar-refractivity contribution in [1.29, 1.82) is 0 Å². The molecule has 0 saturated carbocycles. The molecule has 0 fully saturated rings.